The molecule has 1 aromatic carbocycles. The number of fused-ring (bicyclic) bond motifs is 1. The van der Waals surface area contributed by atoms with E-state index in [2.05, 4.69) is 15.2 Å². The lowest BCUT2D eigenvalue weighted by Crippen LogP contribution is -1.94. The van der Waals surface area contributed by atoms with Crippen molar-refractivity contribution >= 4 is 28.7 Å². The van der Waals surface area contributed by atoms with Gasteiger partial charge in [-0.15, -0.1) is 0 Å². The highest BCUT2D eigenvalue weighted by Gasteiger charge is 2.16. The zero-order valence-corrected chi connectivity index (χ0v) is 13.9. The number of para-hydroxylation sites is 1. The van der Waals surface area contributed by atoms with Gasteiger partial charge < -0.3 is 0 Å². The monoisotopic (exact) mass is 352 g/mol. The Morgan fingerprint density at radius 2 is 1.96 bits per heavy atom. The zero-order chi connectivity index (χ0) is 17.4. The van der Waals surface area contributed by atoms with Gasteiger partial charge >= 0.3 is 0 Å². The Bertz CT molecular complexity index is 1090. The Labute approximate surface area is 146 Å². The van der Waals surface area contributed by atoms with Crippen LogP contribution in [0.25, 0.3) is 22.2 Å². The summed E-state index contributed by atoms with van der Waals surface area (Å²) in [4.78, 5) is 15.7. The van der Waals surface area contributed by atoms with E-state index in [0.29, 0.717) is 4.90 Å². The van der Waals surface area contributed by atoms with E-state index in [9.17, 15) is 10.1 Å². The van der Waals surface area contributed by atoms with E-state index in [1.54, 1.807) is 45.6 Å². The molecule has 4 aromatic rings. The Hall–Kier alpha value is -3.20. The third-order valence-corrected chi connectivity index (χ3v) is 4.68. The first-order valence-electron chi connectivity index (χ1n) is 7.36. The number of aromatic nitrogens is 5. The van der Waals surface area contributed by atoms with Crippen LogP contribution in [-0.2, 0) is 7.05 Å². The topological polar surface area (TPSA) is 91.7 Å². The number of rotatable bonds is 4. The molecule has 0 saturated heterocycles. The van der Waals surface area contributed by atoms with Crippen molar-refractivity contribution in [2.45, 2.75) is 4.90 Å². The number of aryl methyl sites for hydroxylation is 1. The van der Waals surface area contributed by atoms with Gasteiger partial charge in [-0.2, -0.15) is 14.3 Å². The van der Waals surface area contributed by atoms with Gasteiger partial charge in [-0.1, -0.05) is 12.1 Å². The molecular weight excluding hydrogens is 340 g/mol. The summed E-state index contributed by atoms with van der Waals surface area (Å²) in [5.41, 5.74) is 3.40. The maximum atomic E-state index is 11.2. The maximum absolute atomic E-state index is 11.2. The molecule has 0 fully saturated rings. The molecule has 0 unspecified atom stereocenters. The summed E-state index contributed by atoms with van der Waals surface area (Å²) in [7, 11) is 1.85. The molecule has 0 atom stereocenters. The fraction of sp³-hybridized carbons (Fsp3) is 0.0625. The van der Waals surface area contributed by atoms with Crippen LogP contribution in [0.4, 0.5) is 5.69 Å². The van der Waals surface area contributed by atoms with Gasteiger partial charge in [0.1, 0.15) is 15.9 Å². The summed E-state index contributed by atoms with van der Waals surface area (Å²) >= 11 is 1.19. The molecule has 25 heavy (non-hydrogen) atoms. The molecule has 0 N–H and O–H groups in total. The summed E-state index contributed by atoms with van der Waals surface area (Å²) in [5, 5.41) is 19.7. The van der Waals surface area contributed by atoms with Crippen LogP contribution in [0.15, 0.2) is 60.0 Å². The lowest BCUT2D eigenvalue weighted by molar-refractivity contribution is -0.387. The number of benzene rings is 1. The fourth-order valence-corrected chi connectivity index (χ4v) is 3.37. The van der Waals surface area contributed by atoms with Crippen LogP contribution in [0.1, 0.15) is 0 Å². The predicted octanol–water partition coefficient (Wildman–Crippen LogP) is 3.30. The standard InChI is InChI=1S/C16H12N6O2S/c1-20-10-12(8-18-20)11-6-15-13(17-7-11)9-19-21(15)25-16-5-3-2-4-14(16)22(23)24/h2-10H,1H3. The minimum atomic E-state index is -0.395. The molecular formula is C16H12N6O2S. The van der Waals surface area contributed by atoms with Gasteiger partial charge in [-0.25, -0.2) is 0 Å². The van der Waals surface area contributed by atoms with E-state index in [-0.39, 0.29) is 5.69 Å². The Balaban J connectivity index is 1.77. The summed E-state index contributed by atoms with van der Waals surface area (Å²) in [5.74, 6) is 0. The molecule has 9 heteroatoms. The second-order valence-electron chi connectivity index (χ2n) is 5.36. The van der Waals surface area contributed by atoms with Crippen molar-refractivity contribution < 1.29 is 4.92 Å². The van der Waals surface area contributed by atoms with Crippen molar-refractivity contribution in [3.63, 3.8) is 0 Å². The van der Waals surface area contributed by atoms with Gasteiger partial charge in [0.05, 0.1) is 17.3 Å². The Morgan fingerprint density at radius 3 is 2.72 bits per heavy atom. The molecule has 3 heterocycles. The number of hydrogen-bond acceptors (Lipinski definition) is 6. The third kappa shape index (κ3) is 2.85. The van der Waals surface area contributed by atoms with Crippen LogP contribution in [-0.4, -0.2) is 28.9 Å². The number of nitrogens with zero attached hydrogens (tertiary/aromatic N) is 6. The van der Waals surface area contributed by atoms with Gasteiger partial charge in [0, 0.05) is 48.6 Å². The van der Waals surface area contributed by atoms with Gasteiger partial charge in [-0.3, -0.25) is 19.8 Å². The number of nitro groups is 1. The molecule has 8 nitrogen and oxygen atoms in total. The first-order chi connectivity index (χ1) is 12.1. The molecule has 0 aliphatic heterocycles. The molecule has 4 rings (SSSR count). The van der Waals surface area contributed by atoms with E-state index in [1.165, 1.54) is 18.0 Å². The summed E-state index contributed by atoms with van der Waals surface area (Å²) < 4.78 is 3.36. The number of pyridine rings is 1. The molecule has 0 aliphatic carbocycles. The van der Waals surface area contributed by atoms with Crippen molar-refractivity contribution in [1.29, 1.82) is 0 Å². The van der Waals surface area contributed by atoms with Gasteiger partial charge in [0.2, 0.25) is 0 Å². The normalized spacial score (nSPS) is 11.1. The minimum Gasteiger partial charge on any atom is -0.275 e. The highest BCUT2D eigenvalue weighted by Crippen LogP contribution is 2.32. The largest absolute Gasteiger partial charge is 0.284 e. The second kappa shape index (κ2) is 6.02. The van der Waals surface area contributed by atoms with Gasteiger partial charge in [0.15, 0.2) is 0 Å². The van der Waals surface area contributed by atoms with Crippen LogP contribution in [0.2, 0.25) is 0 Å². The van der Waals surface area contributed by atoms with Crippen LogP contribution in [0.5, 0.6) is 0 Å². The van der Waals surface area contributed by atoms with E-state index < -0.39 is 4.92 Å². The SMILES string of the molecule is Cn1cc(-c2cnc3cnn(Sc4ccccc4[N+](=O)[O-])c3c2)cn1. The molecule has 0 bridgehead atoms. The summed E-state index contributed by atoms with van der Waals surface area (Å²) in [6.07, 6.45) is 7.07. The summed E-state index contributed by atoms with van der Waals surface area (Å²) in [6.45, 7) is 0. The first-order valence-corrected chi connectivity index (χ1v) is 8.14. The molecule has 0 amide bonds. The number of hydrogen-bond donors (Lipinski definition) is 0. The lowest BCUT2D eigenvalue weighted by Gasteiger charge is -2.04. The molecule has 0 radical (unpaired) electrons. The smallest absolute Gasteiger partial charge is 0.275 e. The van der Waals surface area contributed by atoms with E-state index in [0.717, 1.165) is 22.2 Å². The Morgan fingerprint density at radius 1 is 1.12 bits per heavy atom. The van der Waals surface area contributed by atoms with Crippen LogP contribution >= 0.6 is 11.9 Å². The van der Waals surface area contributed by atoms with Crippen molar-refractivity contribution in [3.8, 4) is 11.1 Å². The van der Waals surface area contributed by atoms with Crippen molar-refractivity contribution in [3.05, 3.63) is 65.2 Å². The third-order valence-electron chi connectivity index (χ3n) is 3.67. The van der Waals surface area contributed by atoms with Crippen molar-refractivity contribution in [2.24, 2.45) is 7.05 Å². The average molecular weight is 352 g/mol. The quantitative estimate of drug-likeness (QED) is 0.413. The highest BCUT2D eigenvalue weighted by molar-refractivity contribution is 7.98. The fourth-order valence-electron chi connectivity index (χ4n) is 2.46. The van der Waals surface area contributed by atoms with E-state index >= 15 is 0 Å². The van der Waals surface area contributed by atoms with Gasteiger partial charge in [0.25, 0.3) is 5.69 Å². The van der Waals surface area contributed by atoms with Crippen LogP contribution in [0.3, 0.4) is 0 Å². The van der Waals surface area contributed by atoms with Crippen LogP contribution in [0, 0.1) is 10.1 Å². The highest BCUT2D eigenvalue weighted by atomic mass is 32.2. The average Bonchev–Trinajstić information content (AvgIpc) is 3.21. The van der Waals surface area contributed by atoms with Crippen LogP contribution < -0.4 is 0 Å². The zero-order valence-electron chi connectivity index (χ0n) is 13.1. The number of nitro benzene ring substituents is 1. The maximum Gasteiger partial charge on any atom is 0.284 e. The second-order valence-corrected chi connectivity index (χ2v) is 6.33. The minimum absolute atomic E-state index is 0.0486. The molecule has 0 spiro atoms. The summed E-state index contributed by atoms with van der Waals surface area (Å²) in [6, 6.07) is 8.54. The van der Waals surface area contributed by atoms with Crippen molar-refractivity contribution in [2.75, 3.05) is 0 Å². The Kier molecular flexibility index (Phi) is 3.69. The van der Waals surface area contributed by atoms with E-state index in [4.69, 9.17) is 0 Å². The predicted molar refractivity (Wildman–Crippen MR) is 94.1 cm³/mol. The van der Waals surface area contributed by atoms with Crippen molar-refractivity contribution in [1.82, 2.24) is 24.0 Å². The molecule has 0 saturated carbocycles. The first kappa shape index (κ1) is 15.3. The molecule has 124 valence electrons. The molecule has 3 aromatic heterocycles. The lowest BCUT2D eigenvalue weighted by atomic mass is 10.1. The molecule has 0 aliphatic rings. The van der Waals surface area contributed by atoms with E-state index in [1.807, 2.05) is 19.3 Å². The van der Waals surface area contributed by atoms with Gasteiger partial charge in [-0.05, 0) is 12.1 Å².